The average molecular weight is 524 g/mol. The number of hydrogen-bond donors (Lipinski definition) is 1. The highest BCUT2D eigenvalue weighted by Crippen LogP contribution is 2.28. The standard InChI is InChI=1S/C30H29N5O4/c1-21(25-17-32-26-13-7-6-12-24(25)26)33(2)27(36)14-16-35-28(37)19-34(18-23-11-8-15-31-29(23)35)30(38)39-20-22-9-4-3-5-10-22/h3-17,21,32H,18-20H2,1-2H3. The minimum atomic E-state index is -0.601. The summed E-state index contributed by atoms with van der Waals surface area (Å²) < 4.78 is 5.46. The van der Waals surface area contributed by atoms with Crippen molar-refractivity contribution in [1.82, 2.24) is 19.8 Å². The maximum Gasteiger partial charge on any atom is 0.410 e. The quantitative estimate of drug-likeness (QED) is 0.367. The van der Waals surface area contributed by atoms with Gasteiger partial charge in [-0.15, -0.1) is 0 Å². The summed E-state index contributed by atoms with van der Waals surface area (Å²) in [5, 5.41) is 1.05. The second-order valence-corrected chi connectivity index (χ2v) is 9.38. The number of para-hydroxylation sites is 1. The predicted octanol–water partition coefficient (Wildman–Crippen LogP) is 4.78. The molecule has 3 amide bonds. The fourth-order valence-corrected chi connectivity index (χ4v) is 4.58. The van der Waals surface area contributed by atoms with Crippen molar-refractivity contribution in [2.45, 2.75) is 26.1 Å². The van der Waals surface area contributed by atoms with Gasteiger partial charge in [0, 0.05) is 48.2 Å². The Balaban J connectivity index is 1.31. The molecule has 0 radical (unpaired) electrons. The van der Waals surface area contributed by atoms with E-state index in [1.54, 1.807) is 30.3 Å². The summed E-state index contributed by atoms with van der Waals surface area (Å²) in [4.78, 5) is 51.2. The van der Waals surface area contributed by atoms with Crippen molar-refractivity contribution in [1.29, 1.82) is 0 Å². The number of carbonyl (C=O) groups is 3. The zero-order chi connectivity index (χ0) is 27.4. The van der Waals surface area contributed by atoms with Gasteiger partial charge in [-0.05, 0) is 30.2 Å². The van der Waals surface area contributed by atoms with Gasteiger partial charge in [-0.2, -0.15) is 0 Å². The highest BCUT2D eigenvalue weighted by molar-refractivity contribution is 6.00. The number of nitrogens with one attached hydrogen (secondary N) is 1. The van der Waals surface area contributed by atoms with Crippen LogP contribution in [0.2, 0.25) is 0 Å². The number of aromatic amines is 1. The van der Waals surface area contributed by atoms with Crippen LogP contribution in [-0.4, -0.2) is 51.3 Å². The molecule has 2 aromatic carbocycles. The molecule has 4 aromatic rings. The van der Waals surface area contributed by atoms with Crippen LogP contribution < -0.4 is 4.90 Å². The smallest absolute Gasteiger partial charge is 0.410 e. The predicted molar refractivity (Wildman–Crippen MR) is 147 cm³/mol. The van der Waals surface area contributed by atoms with Crippen LogP contribution in [-0.2, 0) is 27.5 Å². The topological polar surface area (TPSA) is 98.8 Å². The number of ether oxygens (including phenoxy) is 1. The summed E-state index contributed by atoms with van der Waals surface area (Å²) in [5.41, 5.74) is 3.51. The molecule has 1 aliphatic rings. The third-order valence-electron chi connectivity index (χ3n) is 6.88. The van der Waals surface area contributed by atoms with Gasteiger partial charge in [0.05, 0.1) is 12.6 Å². The van der Waals surface area contributed by atoms with Crippen molar-refractivity contribution in [3.05, 3.63) is 108 Å². The van der Waals surface area contributed by atoms with Crippen LogP contribution in [0.15, 0.2) is 91.4 Å². The molecule has 1 atom stereocenters. The van der Waals surface area contributed by atoms with Gasteiger partial charge in [-0.25, -0.2) is 9.78 Å². The number of carbonyl (C=O) groups excluding carboxylic acids is 3. The zero-order valence-electron chi connectivity index (χ0n) is 21.8. The van der Waals surface area contributed by atoms with Gasteiger partial charge in [-0.1, -0.05) is 54.6 Å². The molecular weight excluding hydrogens is 494 g/mol. The fraction of sp³-hybridized carbons (Fsp3) is 0.200. The van der Waals surface area contributed by atoms with Crippen molar-refractivity contribution in [2.75, 3.05) is 18.5 Å². The van der Waals surface area contributed by atoms with E-state index in [4.69, 9.17) is 4.74 Å². The first-order chi connectivity index (χ1) is 18.9. The zero-order valence-corrected chi connectivity index (χ0v) is 21.8. The van der Waals surface area contributed by atoms with E-state index in [0.29, 0.717) is 11.4 Å². The Kier molecular flexibility index (Phi) is 7.40. The van der Waals surface area contributed by atoms with Crippen LogP contribution in [0.5, 0.6) is 0 Å². The van der Waals surface area contributed by atoms with Crippen molar-refractivity contribution < 1.29 is 19.1 Å². The molecule has 0 bridgehead atoms. The number of rotatable bonds is 6. The molecule has 39 heavy (non-hydrogen) atoms. The Bertz CT molecular complexity index is 1530. The molecule has 1 N–H and O–H groups in total. The number of nitrogens with zero attached hydrogens (tertiary/aromatic N) is 4. The summed E-state index contributed by atoms with van der Waals surface area (Å²) in [5.74, 6) is -0.306. The molecule has 9 heteroatoms. The number of aromatic nitrogens is 2. The lowest BCUT2D eigenvalue weighted by molar-refractivity contribution is -0.126. The number of amides is 3. The minimum Gasteiger partial charge on any atom is -0.445 e. The molecule has 198 valence electrons. The number of hydrogen-bond acceptors (Lipinski definition) is 5. The molecule has 2 aromatic heterocycles. The highest BCUT2D eigenvalue weighted by atomic mass is 16.6. The van der Waals surface area contributed by atoms with Crippen molar-refractivity contribution >= 4 is 34.6 Å². The molecule has 0 fully saturated rings. The molecule has 0 spiro atoms. The molecule has 0 aliphatic carbocycles. The third-order valence-corrected chi connectivity index (χ3v) is 6.88. The van der Waals surface area contributed by atoms with Crippen LogP contribution in [0.1, 0.15) is 29.7 Å². The summed E-state index contributed by atoms with van der Waals surface area (Å²) in [6.07, 6.45) is 5.66. The average Bonchev–Trinajstić information content (AvgIpc) is 3.34. The number of anilines is 1. The largest absolute Gasteiger partial charge is 0.445 e. The van der Waals surface area contributed by atoms with Gasteiger partial charge >= 0.3 is 6.09 Å². The Morgan fingerprint density at radius 3 is 2.67 bits per heavy atom. The van der Waals surface area contributed by atoms with E-state index < -0.39 is 12.0 Å². The summed E-state index contributed by atoms with van der Waals surface area (Å²) in [6.45, 7) is 1.99. The molecule has 1 unspecified atom stereocenters. The monoisotopic (exact) mass is 523 g/mol. The summed E-state index contributed by atoms with van der Waals surface area (Å²) >= 11 is 0. The van der Waals surface area contributed by atoms with E-state index in [2.05, 4.69) is 9.97 Å². The van der Waals surface area contributed by atoms with E-state index >= 15 is 0 Å². The van der Waals surface area contributed by atoms with Crippen LogP contribution in [0.4, 0.5) is 10.6 Å². The van der Waals surface area contributed by atoms with Crippen molar-refractivity contribution in [3.8, 4) is 0 Å². The Morgan fingerprint density at radius 2 is 1.85 bits per heavy atom. The molecular formula is C30H29N5O4. The van der Waals surface area contributed by atoms with Gasteiger partial charge < -0.3 is 14.6 Å². The third kappa shape index (κ3) is 5.52. The first-order valence-corrected chi connectivity index (χ1v) is 12.6. The minimum absolute atomic E-state index is 0.101. The first-order valence-electron chi connectivity index (χ1n) is 12.6. The van der Waals surface area contributed by atoms with E-state index in [1.807, 2.05) is 67.7 Å². The summed E-state index contributed by atoms with van der Waals surface area (Å²) in [7, 11) is 1.72. The molecule has 5 rings (SSSR count). The van der Waals surface area contributed by atoms with Gasteiger partial charge in [0.2, 0.25) is 5.91 Å². The highest BCUT2D eigenvalue weighted by Gasteiger charge is 2.30. The van der Waals surface area contributed by atoms with Gasteiger partial charge in [0.1, 0.15) is 19.0 Å². The lowest BCUT2D eigenvalue weighted by atomic mass is 10.1. The number of pyridine rings is 1. The fourth-order valence-electron chi connectivity index (χ4n) is 4.58. The van der Waals surface area contributed by atoms with Crippen molar-refractivity contribution in [2.24, 2.45) is 0 Å². The van der Waals surface area contributed by atoms with Gasteiger partial charge in [0.25, 0.3) is 5.91 Å². The number of likely N-dealkylation sites (N-methyl/N-ethyl adjacent to an activating group) is 1. The molecule has 3 heterocycles. The van der Waals surface area contributed by atoms with Gasteiger partial charge in [-0.3, -0.25) is 19.4 Å². The second-order valence-electron chi connectivity index (χ2n) is 9.38. The number of H-pyrrole nitrogens is 1. The lowest BCUT2D eigenvalue weighted by Crippen LogP contribution is -2.38. The second kappa shape index (κ2) is 11.2. The lowest BCUT2D eigenvalue weighted by Gasteiger charge is -2.24. The molecule has 0 saturated carbocycles. The maximum atomic E-state index is 13.3. The maximum absolute atomic E-state index is 13.3. The van der Waals surface area contributed by atoms with E-state index in [-0.39, 0.29) is 31.6 Å². The summed E-state index contributed by atoms with van der Waals surface area (Å²) in [6, 6.07) is 20.6. The van der Waals surface area contributed by atoms with E-state index in [0.717, 1.165) is 22.0 Å². The van der Waals surface area contributed by atoms with E-state index in [1.165, 1.54) is 22.1 Å². The SMILES string of the molecule is CC(c1c[nH]c2ccccc12)N(C)C(=O)C=CN1C(=O)CN(C(=O)OCc2ccccc2)Cc2cccnc21. The van der Waals surface area contributed by atoms with Crippen LogP contribution >= 0.6 is 0 Å². The van der Waals surface area contributed by atoms with Crippen LogP contribution in [0.3, 0.4) is 0 Å². The number of benzene rings is 2. The Hall–Kier alpha value is -4.92. The van der Waals surface area contributed by atoms with Crippen molar-refractivity contribution in [3.63, 3.8) is 0 Å². The number of fused-ring (bicyclic) bond motifs is 2. The van der Waals surface area contributed by atoms with Crippen LogP contribution in [0, 0.1) is 0 Å². The molecule has 1 aliphatic heterocycles. The van der Waals surface area contributed by atoms with Crippen LogP contribution in [0.25, 0.3) is 10.9 Å². The Morgan fingerprint density at radius 1 is 1.08 bits per heavy atom. The molecule has 9 nitrogen and oxygen atoms in total. The Labute approximate surface area is 226 Å². The van der Waals surface area contributed by atoms with E-state index in [9.17, 15) is 14.4 Å². The first kappa shape index (κ1) is 25.7. The normalized spacial score (nSPS) is 14.3. The van der Waals surface area contributed by atoms with Gasteiger partial charge in [0.15, 0.2) is 0 Å². The molecule has 0 saturated heterocycles.